The lowest BCUT2D eigenvalue weighted by Gasteiger charge is -2.16. The Kier molecular flexibility index (Phi) is 4.03. The third-order valence-corrected chi connectivity index (χ3v) is 2.63. The average molecular weight is 279 g/mol. The first-order chi connectivity index (χ1) is 7.84. The van der Waals surface area contributed by atoms with Gasteiger partial charge in [0, 0.05) is 23.6 Å². The second kappa shape index (κ2) is 5.11. The molecule has 8 heteroatoms. The van der Waals surface area contributed by atoms with E-state index in [-0.39, 0.29) is 11.4 Å². The summed E-state index contributed by atoms with van der Waals surface area (Å²) in [6.07, 6.45) is -2.75. The number of nitrogens with zero attached hydrogens (tertiary/aromatic N) is 2. The highest BCUT2D eigenvalue weighted by Crippen LogP contribution is 2.28. The van der Waals surface area contributed by atoms with E-state index in [1.165, 1.54) is 18.2 Å². The largest absolute Gasteiger partial charge is 0.464 e. The lowest BCUT2D eigenvalue weighted by Crippen LogP contribution is -2.21. The predicted octanol–water partition coefficient (Wildman–Crippen LogP) is 3.27. The number of anilines is 2. The summed E-state index contributed by atoms with van der Waals surface area (Å²) in [6, 6.07) is 4.21. The number of halogens is 2. The van der Waals surface area contributed by atoms with Crippen LogP contribution in [0.25, 0.3) is 0 Å². The molecule has 0 aliphatic heterocycles. The molecule has 0 fully saturated rings. The fourth-order valence-corrected chi connectivity index (χ4v) is 1.43. The Labute approximate surface area is 107 Å². The fourth-order valence-electron chi connectivity index (χ4n) is 1.14. The van der Waals surface area contributed by atoms with Gasteiger partial charge < -0.3 is 10.2 Å². The minimum absolute atomic E-state index is 0.103. The van der Waals surface area contributed by atoms with E-state index < -0.39 is 12.2 Å². The molecule has 0 saturated heterocycles. The monoisotopic (exact) mass is 278 g/mol. The van der Waals surface area contributed by atoms with E-state index in [1.807, 2.05) is 0 Å². The molecule has 0 unspecified atom stereocenters. The standard InChI is InChI=1S/C9H8Cl2N2O4/c1-5-2-3-6(12(10)8(14)15)4-7(5)13(11)9(16)17/h2-4H,1H3,(H,14,15)(H,16,17). The number of benzene rings is 1. The maximum atomic E-state index is 10.7. The summed E-state index contributed by atoms with van der Waals surface area (Å²) in [5.41, 5.74) is 0.817. The second-order valence-corrected chi connectivity index (χ2v) is 3.77. The maximum absolute atomic E-state index is 10.7. The Bertz CT molecular complexity index is 466. The van der Waals surface area contributed by atoms with Gasteiger partial charge in [-0.3, -0.25) is 0 Å². The number of aryl methyl sites for hydroxylation is 1. The van der Waals surface area contributed by atoms with Crippen molar-refractivity contribution < 1.29 is 19.8 Å². The van der Waals surface area contributed by atoms with Gasteiger partial charge in [-0.25, -0.2) is 9.59 Å². The first kappa shape index (κ1) is 13.4. The van der Waals surface area contributed by atoms with Gasteiger partial charge in [-0.15, -0.1) is 0 Å². The molecule has 1 rings (SSSR count). The molecule has 0 aliphatic rings. The zero-order valence-electron chi connectivity index (χ0n) is 8.59. The van der Waals surface area contributed by atoms with Gasteiger partial charge in [-0.2, -0.15) is 8.84 Å². The fraction of sp³-hybridized carbons (Fsp3) is 0.111. The van der Waals surface area contributed by atoms with Gasteiger partial charge in [0.15, 0.2) is 0 Å². The zero-order chi connectivity index (χ0) is 13.2. The van der Waals surface area contributed by atoms with Gasteiger partial charge in [-0.05, 0) is 24.6 Å². The Morgan fingerprint density at radius 1 is 1.12 bits per heavy atom. The molecule has 0 bridgehead atoms. The van der Waals surface area contributed by atoms with Gasteiger partial charge in [0.1, 0.15) is 0 Å². The molecule has 0 saturated carbocycles. The zero-order valence-corrected chi connectivity index (χ0v) is 10.1. The third-order valence-electron chi connectivity index (χ3n) is 1.97. The number of hydrogen-bond acceptors (Lipinski definition) is 2. The Balaban J connectivity index is 3.19. The molecule has 2 N–H and O–H groups in total. The Morgan fingerprint density at radius 3 is 2.12 bits per heavy atom. The van der Waals surface area contributed by atoms with E-state index in [0.29, 0.717) is 14.4 Å². The van der Waals surface area contributed by atoms with Crippen molar-refractivity contribution in [2.45, 2.75) is 6.92 Å². The first-order valence-electron chi connectivity index (χ1n) is 4.33. The smallest absolute Gasteiger partial charge is 0.426 e. The summed E-state index contributed by atoms with van der Waals surface area (Å²) in [7, 11) is 0. The molecule has 1 aromatic carbocycles. The van der Waals surface area contributed by atoms with Gasteiger partial charge in [-0.1, -0.05) is 6.07 Å². The number of carbonyl (C=O) groups is 2. The van der Waals surface area contributed by atoms with E-state index >= 15 is 0 Å². The molecule has 2 amide bonds. The highest BCUT2D eigenvalue weighted by Gasteiger charge is 2.18. The van der Waals surface area contributed by atoms with Gasteiger partial charge in [0.05, 0.1) is 11.4 Å². The first-order valence-corrected chi connectivity index (χ1v) is 5.00. The quantitative estimate of drug-likeness (QED) is 0.814. The van der Waals surface area contributed by atoms with E-state index in [2.05, 4.69) is 0 Å². The van der Waals surface area contributed by atoms with Gasteiger partial charge in [0.2, 0.25) is 0 Å². The molecule has 1 aromatic rings. The highest BCUT2D eigenvalue weighted by molar-refractivity contribution is 6.36. The van der Waals surface area contributed by atoms with E-state index in [0.717, 1.165) is 0 Å². The lowest BCUT2D eigenvalue weighted by molar-refractivity contribution is 0.205. The minimum Gasteiger partial charge on any atom is -0.464 e. The van der Waals surface area contributed by atoms with Crippen LogP contribution in [0.15, 0.2) is 18.2 Å². The van der Waals surface area contributed by atoms with Crippen LogP contribution in [0, 0.1) is 6.92 Å². The van der Waals surface area contributed by atoms with Crippen LogP contribution in [0.2, 0.25) is 0 Å². The molecule has 92 valence electrons. The van der Waals surface area contributed by atoms with Crippen LogP contribution in [-0.2, 0) is 0 Å². The van der Waals surface area contributed by atoms with Crippen LogP contribution in [0.1, 0.15) is 5.56 Å². The molecular formula is C9H8Cl2N2O4. The van der Waals surface area contributed by atoms with Crippen LogP contribution in [0.5, 0.6) is 0 Å². The topological polar surface area (TPSA) is 81.1 Å². The summed E-state index contributed by atoms with van der Waals surface area (Å²) in [4.78, 5) is 21.3. The number of carboxylic acid groups (broad SMARTS) is 2. The third kappa shape index (κ3) is 2.92. The van der Waals surface area contributed by atoms with Crippen molar-refractivity contribution in [3.8, 4) is 0 Å². The van der Waals surface area contributed by atoms with Crippen LogP contribution in [0.4, 0.5) is 21.0 Å². The van der Waals surface area contributed by atoms with Crippen molar-refractivity contribution >= 4 is 47.1 Å². The van der Waals surface area contributed by atoms with Crippen molar-refractivity contribution in [1.29, 1.82) is 0 Å². The summed E-state index contributed by atoms with van der Waals surface area (Å²) < 4.78 is 0.904. The maximum Gasteiger partial charge on any atom is 0.426 e. The van der Waals surface area contributed by atoms with Crippen molar-refractivity contribution in [2.24, 2.45) is 0 Å². The predicted molar refractivity (Wildman–Crippen MR) is 63.9 cm³/mol. The van der Waals surface area contributed by atoms with E-state index in [1.54, 1.807) is 6.92 Å². The van der Waals surface area contributed by atoms with Crippen molar-refractivity contribution in [1.82, 2.24) is 0 Å². The molecule has 0 aliphatic carbocycles. The van der Waals surface area contributed by atoms with Crippen LogP contribution in [-0.4, -0.2) is 22.4 Å². The highest BCUT2D eigenvalue weighted by atomic mass is 35.5. The SMILES string of the molecule is Cc1ccc(N(Cl)C(=O)O)cc1N(Cl)C(=O)O. The summed E-state index contributed by atoms with van der Waals surface area (Å²) in [5, 5.41) is 17.4. The van der Waals surface area contributed by atoms with Crippen LogP contribution in [0.3, 0.4) is 0 Å². The molecule has 0 aromatic heterocycles. The van der Waals surface area contributed by atoms with E-state index in [9.17, 15) is 9.59 Å². The van der Waals surface area contributed by atoms with E-state index in [4.69, 9.17) is 33.8 Å². The van der Waals surface area contributed by atoms with Crippen molar-refractivity contribution in [3.63, 3.8) is 0 Å². The molecule has 0 radical (unpaired) electrons. The lowest BCUT2D eigenvalue weighted by atomic mass is 10.2. The molecule has 0 heterocycles. The average Bonchev–Trinajstić information content (AvgIpc) is 2.27. The van der Waals surface area contributed by atoms with Crippen molar-refractivity contribution in [3.05, 3.63) is 23.8 Å². The molecule has 6 nitrogen and oxygen atoms in total. The van der Waals surface area contributed by atoms with Crippen LogP contribution < -0.4 is 8.84 Å². The second-order valence-electron chi connectivity index (χ2n) is 3.10. The molecule has 0 atom stereocenters. The molecule has 0 spiro atoms. The number of rotatable bonds is 2. The Morgan fingerprint density at radius 2 is 1.65 bits per heavy atom. The van der Waals surface area contributed by atoms with Gasteiger partial charge >= 0.3 is 12.2 Å². The minimum atomic E-state index is -1.38. The normalized spacial score (nSPS) is 9.82. The van der Waals surface area contributed by atoms with Crippen molar-refractivity contribution in [2.75, 3.05) is 8.84 Å². The Hall–Kier alpha value is -1.66. The van der Waals surface area contributed by atoms with Crippen LogP contribution >= 0.6 is 23.6 Å². The number of hydrogen-bond donors (Lipinski definition) is 2. The summed E-state index contributed by atoms with van der Waals surface area (Å²) in [5.74, 6) is 0. The number of amides is 2. The van der Waals surface area contributed by atoms with Gasteiger partial charge in [0.25, 0.3) is 0 Å². The molecular weight excluding hydrogens is 271 g/mol. The summed E-state index contributed by atoms with van der Waals surface area (Å²) in [6.45, 7) is 1.64. The summed E-state index contributed by atoms with van der Waals surface area (Å²) >= 11 is 11.0. The molecule has 17 heavy (non-hydrogen) atoms.